The highest BCUT2D eigenvalue weighted by Crippen LogP contribution is 2.45. The molecule has 2 nitrogen and oxygen atoms in total. The molecule has 3 rings (SSSR count). The molecule has 0 radical (unpaired) electrons. The fraction of sp³-hybridized carbons (Fsp3) is 0.273. The van der Waals surface area contributed by atoms with Crippen LogP contribution in [0.15, 0.2) is 42.7 Å². The van der Waals surface area contributed by atoms with Gasteiger partial charge >= 0.3 is 0 Å². The molecule has 3 atom stereocenters. The molecule has 2 aliphatic heterocycles. The molecule has 2 heterocycles. The van der Waals surface area contributed by atoms with Crippen molar-refractivity contribution in [1.82, 2.24) is 0 Å². The molecule has 1 aromatic carbocycles. The van der Waals surface area contributed by atoms with E-state index in [0.29, 0.717) is 5.92 Å². The van der Waals surface area contributed by atoms with Crippen molar-refractivity contribution in [1.29, 1.82) is 0 Å². The predicted molar refractivity (Wildman–Crippen MR) is 47.8 cm³/mol. The Morgan fingerprint density at radius 2 is 1.92 bits per heavy atom. The molecular formula is C11H10O2. The minimum atomic E-state index is -0.0230. The van der Waals surface area contributed by atoms with E-state index in [1.165, 1.54) is 5.56 Å². The molecule has 1 fully saturated rings. The Morgan fingerprint density at radius 3 is 2.69 bits per heavy atom. The topological polar surface area (TPSA) is 18.5 Å². The zero-order valence-electron chi connectivity index (χ0n) is 7.09. The van der Waals surface area contributed by atoms with Crippen molar-refractivity contribution in [3.05, 3.63) is 48.2 Å². The maximum absolute atomic E-state index is 5.56. The van der Waals surface area contributed by atoms with Gasteiger partial charge in [-0.1, -0.05) is 30.3 Å². The zero-order chi connectivity index (χ0) is 8.67. The van der Waals surface area contributed by atoms with E-state index in [1.54, 1.807) is 6.26 Å². The summed E-state index contributed by atoms with van der Waals surface area (Å²) in [5, 5.41) is 0. The van der Waals surface area contributed by atoms with Crippen LogP contribution in [0.3, 0.4) is 0 Å². The molecule has 0 saturated carbocycles. The van der Waals surface area contributed by atoms with Gasteiger partial charge in [-0.25, -0.2) is 0 Å². The van der Waals surface area contributed by atoms with Gasteiger partial charge in [-0.2, -0.15) is 0 Å². The van der Waals surface area contributed by atoms with E-state index in [-0.39, 0.29) is 12.4 Å². The van der Waals surface area contributed by atoms with Crippen LogP contribution in [0.5, 0.6) is 0 Å². The first kappa shape index (κ1) is 7.15. The maximum Gasteiger partial charge on any atom is 0.208 e. The van der Waals surface area contributed by atoms with Crippen molar-refractivity contribution in [3.63, 3.8) is 0 Å². The molecule has 2 heteroatoms. The van der Waals surface area contributed by atoms with Gasteiger partial charge in [0.15, 0.2) is 0 Å². The van der Waals surface area contributed by atoms with Crippen molar-refractivity contribution in [2.75, 3.05) is 0 Å². The van der Waals surface area contributed by atoms with Crippen LogP contribution in [0.4, 0.5) is 0 Å². The Balaban J connectivity index is 1.85. The third-order valence-corrected chi connectivity index (χ3v) is 2.59. The second kappa shape index (κ2) is 2.60. The predicted octanol–water partition coefficient (Wildman–Crippen LogP) is 2.24. The van der Waals surface area contributed by atoms with Gasteiger partial charge < -0.3 is 9.47 Å². The molecule has 0 aromatic heterocycles. The molecule has 0 spiro atoms. The third-order valence-electron chi connectivity index (χ3n) is 2.59. The molecule has 1 saturated heterocycles. The fourth-order valence-corrected chi connectivity index (χ4v) is 1.85. The molecule has 13 heavy (non-hydrogen) atoms. The number of rotatable bonds is 1. The quantitative estimate of drug-likeness (QED) is 0.650. The van der Waals surface area contributed by atoms with Crippen molar-refractivity contribution in [2.45, 2.75) is 12.4 Å². The van der Waals surface area contributed by atoms with Gasteiger partial charge in [-0.05, 0) is 11.6 Å². The van der Waals surface area contributed by atoms with Gasteiger partial charge in [0.1, 0.15) is 0 Å². The summed E-state index contributed by atoms with van der Waals surface area (Å²) >= 11 is 0. The van der Waals surface area contributed by atoms with Crippen molar-refractivity contribution in [2.24, 2.45) is 5.92 Å². The van der Waals surface area contributed by atoms with Gasteiger partial charge in [0.25, 0.3) is 0 Å². The lowest BCUT2D eigenvalue weighted by Crippen LogP contribution is -2.39. The van der Waals surface area contributed by atoms with Gasteiger partial charge in [0.2, 0.25) is 6.29 Å². The molecule has 1 aromatic rings. The summed E-state index contributed by atoms with van der Waals surface area (Å²) in [5.74, 6) is 0.419. The van der Waals surface area contributed by atoms with Crippen LogP contribution in [0, 0.1) is 5.92 Å². The summed E-state index contributed by atoms with van der Waals surface area (Å²) in [6.45, 7) is 0. The van der Waals surface area contributed by atoms with Crippen LogP contribution in [-0.2, 0) is 9.47 Å². The number of ether oxygens (including phenoxy) is 2. The summed E-state index contributed by atoms with van der Waals surface area (Å²) in [7, 11) is 0. The molecular weight excluding hydrogens is 164 g/mol. The van der Waals surface area contributed by atoms with Crippen LogP contribution in [-0.4, -0.2) is 6.29 Å². The number of benzene rings is 1. The minimum absolute atomic E-state index is 0.0230. The highest BCUT2D eigenvalue weighted by molar-refractivity contribution is 5.23. The summed E-state index contributed by atoms with van der Waals surface area (Å²) in [6, 6.07) is 10.3. The van der Waals surface area contributed by atoms with Gasteiger partial charge in [-0.15, -0.1) is 0 Å². The standard InChI is InChI=1S/C11H10O2/c1-2-4-8(5-3-1)10-9-6-7-12-11(9)13-10/h1-7,9-11H/t9-,10+,11-/m0/s1. The Bertz CT molecular complexity index is 331. The van der Waals surface area contributed by atoms with E-state index in [1.807, 2.05) is 18.2 Å². The molecule has 0 unspecified atom stereocenters. The Hall–Kier alpha value is -1.28. The lowest BCUT2D eigenvalue weighted by molar-refractivity contribution is -0.257. The zero-order valence-corrected chi connectivity index (χ0v) is 7.09. The van der Waals surface area contributed by atoms with Gasteiger partial charge in [0.05, 0.1) is 18.3 Å². The molecule has 0 bridgehead atoms. The SMILES string of the molecule is C1=C[C@@H]2[C@@H](O1)O[C@@H]2c1ccccc1. The lowest BCUT2D eigenvalue weighted by atomic mass is 9.91. The number of hydrogen-bond acceptors (Lipinski definition) is 2. The first-order chi connectivity index (χ1) is 6.45. The van der Waals surface area contributed by atoms with E-state index < -0.39 is 0 Å². The van der Waals surface area contributed by atoms with Gasteiger partial charge in [-0.3, -0.25) is 0 Å². The Morgan fingerprint density at radius 1 is 1.08 bits per heavy atom. The van der Waals surface area contributed by atoms with Crippen LogP contribution in [0.2, 0.25) is 0 Å². The highest BCUT2D eigenvalue weighted by Gasteiger charge is 2.45. The first-order valence-electron chi connectivity index (χ1n) is 4.48. The van der Waals surface area contributed by atoms with Crippen LogP contribution in [0.25, 0.3) is 0 Å². The highest BCUT2D eigenvalue weighted by atomic mass is 16.7. The van der Waals surface area contributed by atoms with E-state index in [2.05, 4.69) is 18.2 Å². The maximum atomic E-state index is 5.56. The average Bonchev–Trinajstić information content (AvgIpc) is 2.50. The molecule has 0 amide bonds. The van der Waals surface area contributed by atoms with E-state index in [0.717, 1.165) is 0 Å². The Kier molecular flexibility index (Phi) is 1.43. The van der Waals surface area contributed by atoms with Gasteiger partial charge in [0, 0.05) is 0 Å². The average molecular weight is 174 g/mol. The largest absolute Gasteiger partial charge is 0.472 e. The second-order valence-electron chi connectivity index (χ2n) is 3.38. The lowest BCUT2D eigenvalue weighted by Gasteiger charge is -2.38. The summed E-state index contributed by atoms with van der Waals surface area (Å²) in [6.07, 6.45) is 3.99. The third kappa shape index (κ3) is 0.988. The molecule has 0 aliphatic carbocycles. The monoisotopic (exact) mass is 174 g/mol. The summed E-state index contributed by atoms with van der Waals surface area (Å²) < 4.78 is 10.8. The van der Waals surface area contributed by atoms with Crippen molar-refractivity contribution < 1.29 is 9.47 Å². The summed E-state index contributed by atoms with van der Waals surface area (Å²) in [4.78, 5) is 0. The van der Waals surface area contributed by atoms with Crippen molar-refractivity contribution in [3.8, 4) is 0 Å². The van der Waals surface area contributed by atoms with Crippen LogP contribution < -0.4 is 0 Å². The fourth-order valence-electron chi connectivity index (χ4n) is 1.85. The number of hydrogen-bond donors (Lipinski definition) is 0. The Labute approximate surface area is 76.8 Å². The van der Waals surface area contributed by atoms with Crippen LogP contribution >= 0.6 is 0 Å². The normalized spacial score (nSPS) is 34.9. The second-order valence-corrected chi connectivity index (χ2v) is 3.38. The first-order valence-corrected chi connectivity index (χ1v) is 4.48. The molecule has 66 valence electrons. The van der Waals surface area contributed by atoms with E-state index in [4.69, 9.17) is 9.47 Å². The summed E-state index contributed by atoms with van der Waals surface area (Å²) in [5.41, 5.74) is 1.24. The van der Waals surface area contributed by atoms with E-state index in [9.17, 15) is 0 Å². The smallest absolute Gasteiger partial charge is 0.208 e. The number of fused-ring (bicyclic) bond motifs is 1. The van der Waals surface area contributed by atoms with E-state index >= 15 is 0 Å². The molecule has 0 N–H and O–H groups in total. The minimum Gasteiger partial charge on any atom is -0.472 e. The van der Waals surface area contributed by atoms with Crippen LogP contribution in [0.1, 0.15) is 11.7 Å². The van der Waals surface area contributed by atoms with Crippen molar-refractivity contribution >= 4 is 0 Å². The molecule has 2 aliphatic rings.